The van der Waals surface area contributed by atoms with E-state index in [1.807, 2.05) is 0 Å². The van der Waals surface area contributed by atoms with Crippen molar-refractivity contribution in [3.05, 3.63) is 52.7 Å². The number of hydrogen-bond acceptors (Lipinski definition) is 6. The molecule has 2 aromatic rings. The van der Waals surface area contributed by atoms with Crippen LogP contribution in [-0.4, -0.2) is 49.1 Å². The molecular weight excluding hydrogens is 438 g/mol. The van der Waals surface area contributed by atoms with Crippen molar-refractivity contribution in [1.29, 1.82) is 0 Å². The molecule has 2 rings (SSSR count). The third kappa shape index (κ3) is 6.20. The number of benzene rings is 1. The molecule has 0 aliphatic rings. The zero-order valence-electron chi connectivity index (χ0n) is 16.1. The van der Waals surface area contributed by atoms with Crippen LogP contribution in [0.25, 0.3) is 0 Å². The predicted octanol–water partition coefficient (Wildman–Crippen LogP) is 3.79. The van der Waals surface area contributed by atoms with Crippen LogP contribution >= 0.6 is 0 Å². The molecule has 0 atom stereocenters. The lowest BCUT2D eigenvalue weighted by molar-refractivity contribution is -0.143. The van der Waals surface area contributed by atoms with E-state index in [1.165, 1.54) is 7.11 Å². The highest BCUT2D eigenvalue weighted by Gasteiger charge is 2.38. The molecule has 31 heavy (non-hydrogen) atoms. The first-order valence-corrected chi connectivity index (χ1v) is 8.47. The molecule has 0 radical (unpaired) electrons. The fourth-order valence-corrected chi connectivity index (χ4v) is 2.46. The summed E-state index contributed by atoms with van der Waals surface area (Å²) in [5.41, 5.74) is -4.31. The molecule has 0 saturated heterocycles. The number of alkyl halides is 6. The summed E-state index contributed by atoms with van der Waals surface area (Å²) in [6, 6.07) is 0.576. The van der Waals surface area contributed by atoms with Gasteiger partial charge in [0.15, 0.2) is 5.69 Å². The van der Waals surface area contributed by atoms with E-state index in [1.54, 1.807) is 0 Å². The molecule has 1 aromatic carbocycles. The lowest BCUT2D eigenvalue weighted by atomic mass is 10.0. The summed E-state index contributed by atoms with van der Waals surface area (Å²) >= 11 is 0. The van der Waals surface area contributed by atoms with Crippen LogP contribution in [0.4, 0.5) is 26.3 Å². The maximum absolute atomic E-state index is 13.1. The number of carbonyl (C=O) groups excluding carboxylic acids is 2. The summed E-state index contributed by atoms with van der Waals surface area (Å²) in [4.78, 5) is 28.9. The van der Waals surface area contributed by atoms with Gasteiger partial charge in [-0.2, -0.15) is 26.3 Å². The van der Waals surface area contributed by atoms with Gasteiger partial charge in [-0.3, -0.25) is 4.79 Å². The molecule has 0 unspecified atom stereocenters. The van der Waals surface area contributed by atoms with Gasteiger partial charge in [-0.05, 0) is 18.2 Å². The molecule has 1 aromatic heterocycles. The molecule has 0 fully saturated rings. The van der Waals surface area contributed by atoms with Gasteiger partial charge in [0.1, 0.15) is 6.26 Å². The number of ether oxygens (including phenoxy) is 2. The maximum atomic E-state index is 13.1. The van der Waals surface area contributed by atoms with Crippen molar-refractivity contribution in [3.8, 4) is 0 Å². The summed E-state index contributed by atoms with van der Waals surface area (Å²) in [5, 5.41) is 0. The van der Waals surface area contributed by atoms with Gasteiger partial charge in [0.2, 0.25) is 5.89 Å². The van der Waals surface area contributed by atoms with Crippen molar-refractivity contribution in [1.82, 2.24) is 9.88 Å². The largest absolute Gasteiger partial charge is 0.464 e. The van der Waals surface area contributed by atoms with Gasteiger partial charge in [0, 0.05) is 19.2 Å². The van der Waals surface area contributed by atoms with Gasteiger partial charge in [0.25, 0.3) is 5.91 Å². The Morgan fingerprint density at radius 1 is 1.03 bits per heavy atom. The quantitative estimate of drug-likeness (QED) is 0.468. The Morgan fingerprint density at radius 2 is 1.61 bits per heavy atom. The SMILES string of the molecule is COCCN(Cc1nc(C(=O)OC)co1)C(=O)c1cc(C(F)(F)F)cc(C(F)(F)F)c1. The number of halogens is 6. The van der Waals surface area contributed by atoms with Gasteiger partial charge in [0.05, 0.1) is 31.4 Å². The van der Waals surface area contributed by atoms with Gasteiger partial charge in [-0.1, -0.05) is 0 Å². The summed E-state index contributed by atoms with van der Waals surface area (Å²) in [7, 11) is 2.38. The molecule has 0 aliphatic carbocycles. The molecule has 1 amide bonds. The molecule has 0 bridgehead atoms. The Balaban J connectivity index is 2.42. The molecule has 13 heteroatoms. The highest BCUT2D eigenvalue weighted by atomic mass is 19.4. The topological polar surface area (TPSA) is 81.9 Å². The van der Waals surface area contributed by atoms with Crippen molar-refractivity contribution in [2.45, 2.75) is 18.9 Å². The van der Waals surface area contributed by atoms with E-state index in [9.17, 15) is 35.9 Å². The normalized spacial score (nSPS) is 12.0. The van der Waals surface area contributed by atoms with E-state index >= 15 is 0 Å². The Labute approximate surface area is 171 Å². The lowest BCUT2D eigenvalue weighted by Crippen LogP contribution is -2.34. The number of esters is 1. The van der Waals surface area contributed by atoms with Gasteiger partial charge in [-0.15, -0.1) is 0 Å². The molecular formula is C18H16F6N2O5. The molecule has 7 nitrogen and oxygen atoms in total. The average Bonchev–Trinajstić information content (AvgIpc) is 3.17. The summed E-state index contributed by atoms with van der Waals surface area (Å²) in [6.45, 7) is -0.735. The standard InChI is InChI=1S/C18H16F6N2O5/c1-29-4-3-26(8-14-25-13(9-31-14)16(28)30-2)15(27)10-5-11(17(19,20)21)7-12(6-10)18(22,23)24/h5-7,9H,3-4,8H2,1-2H3. The lowest BCUT2D eigenvalue weighted by Gasteiger charge is -2.22. The van der Waals surface area contributed by atoms with Crippen LogP contribution < -0.4 is 0 Å². The third-order valence-electron chi connectivity index (χ3n) is 3.96. The first kappa shape index (κ1) is 24.2. The fourth-order valence-electron chi connectivity index (χ4n) is 2.46. The van der Waals surface area contributed by atoms with E-state index in [0.717, 1.165) is 18.3 Å². The fraction of sp³-hybridized carbons (Fsp3) is 0.389. The minimum Gasteiger partial charge on any atom is -0.464 e. The smallest absolute Gasteiger partial charge is 0.416 e. The summed E-state index contributed by atoms with van der Waals surface area (Å²) < 4.78 is 92.8. The Kier molecular flexibility index (Phi) is 7.31. The number of rotatable bonds is 7. The first-order valence-electron chi connectivity index (χ1n) is 8.47. The van der Waals surface area contributed by atoms with E-state index in [2.05, 4.69) is 9.72 Å². The number of amides is 1. The van der Waals surface area contributed by atoms with E-state index in [-0.39, 0.29) is 30.8 Å². The second kappa shape index (κ2) is 9.37. The van der Waals surface area contributed by atoms with Gasteiger partial charge >= 0.3 is 18.3 Å². The van der Waals surface area contributed by atoms with E-state index in [0.29, 0.717) is 12.1 Å². The number of nitrogens with zero attached hydrogens (tertiary/aromatic N) is 2. The zero-order chi connectivity index (χ0) is 23.4. The zero-order valence-corrected chi connectivity index (χ0v) is 16.1. The molecule has 0 saturated carbocycles. The second-order valence-electron chi connectivity index (χ2n) is 6.13. The first-order chi connectivity index (χ1) is 14.4. The van der Waals surface area contributed by atoms with Crippen molar-refractivity contribution in [2.75, 3.05) is 27.4 Å². The van der Waals surface area contributed by atoms with Crippen LogP contribution in [0, 0.1) is 0 Å². The summed E-state index contributed by atoms with van der Waals surface area (Å²) in [5.74, 6) is -2.17. The van der Waals surface area contributed by atoms with Gasteiger partial charge < -0.3 is 18.8 Å². The monoisotopic (exact) mass is 454 g/mol. The Morgan fingerprint density at radius 3 is 2.10 bits per heavy atom. The number of oxazole rings is 1. The molecule has 170 valence electrons. The van der Waals surface area contributed by atoms with Crippen LogP contribution in [0.5, 0.6) is 0 Å². The average molecular weight is 454 g/mol. The van der Waals surface area contributed by atoms with Crippen LogP contribution in [0.3, 0.4) is 0 Å². The Hall–Kier alpha value is -3.09. The minimum atomic E-state index is -5.11. The molecule has 0 N–H and O–H groups in total. The van der Waals surface area contributed by atoms with Crippen LogP contribution in [-0.2, 0) is 28.4 Å². The minimum absolute atomic E-state index is 0.0764. The highest BCUT2D eigenvalue weighted by Crippen LogP contribution is 2.36. The van der Waals surface area contributed by atoms with Crippen molar-refractivity contribution < 1.29 is 49.8 Å². The number of methoxy groups -OCH3 is 2. The second-order valence-corrected chi connectivity index (χ2v) is 6.13. The maximum Gasteiger partial charge on any atom is 0.416 e. The van der Waals surface area contributed by atoms with E-state index in [4.69, 9.17) is 9.15 Å². The molecule has 1 heterocycles. The van der Waals surface area contributed by atoms with E-state index < -0.39 is 47.5 Å². The summed E-state index contributed by atoms with van der Waals surface area (Å²) in [6.07, 6.45) is -9.27. The van der Waals surface area contributed by atoms with Crippen LogP contribution in [0.15, 0.2) is 28.9 Å². The van der Waals surface area contributed by atoms with Crippen molar-refractivity contribution in [3.63, 3.8) is 0 Å². The van der Waals surface area contributed by atoms with Crippen LogP contribution in [0.1, 0.15) is 37.9 Å². The molecule has 0 aliphatic heterocycles. The predicted molar refractivity (Wildman–Crippen MR) is 90.9 cm³/mol. The number of hydrogen-bond donors (Lipinski definition) is 0. The van der Waals surface area contributed by atoms with Crippen molar-refractivity contribution in [2.24, 2.45) is 0 Å². The van der Waals surface area contributed by atoms with Crippen LogP contribution in [0.2, 0.25) is 0 Å². The molecule has 0 spiro atoms. The van der Waals surface area contributed by atoms with Gasteiger partial charge in [-0.25, -0.2) is 9.78 Å². The highest BCUT2D eigenvalue weighted by molar-refractivity contribution is 5.94. The third-order valence-corrected chi connectivity index (χ3v) is 3.96. The Bertz CT molecular complexity index is 906. The number of aromatic nitrogens is 1. The van der Waals surface area contributed by atoms with Crippen molar-refractivity contribution >= 4 is 11.9 Å². The number of carbonyl (C=O) groups is 2.